The standard InChI is InChI=1S/C7H15N3O2/c8-7(9)1-2-10-3-5(11)6(12)4-10/h5-6,11-12H,1-4H2,(H3,8,9). The normalized spacial score (nSPS) is 30.8. The van der Waals surface area contributed by atoms with Gasteiger partial charge in [0.25, 0.3) is 0 Å². The van der Waals surface area contributed by atoms with Gasteiger partial charge in [-0.3, -0.25) is 10.3 Å². The third-order valence-corrected chi connectivity index (χ3v) is 2.03. The van der Waals surface area contributed by atoms with E-state index in [0.717, 1.165) is 0 Å². The minimum absolute atomic E-state index is 0.144. The molecular weight excluding hydrogens is 158 g/mol. The van der Waals surface area contributed by atoms with Crippen LogP contribution in [0.4, 0.5) is 0 Å². The second-order valence-electron chi connectivity index (χ2n) is 3.17. The number of hydrogen-bond acceptors (Lipinski definition) is 4. The summed E-state index contributed by atoms with van der Waals surface area (Å²) >= 11 is 0. The lowest BCUT2D eigenvalue weighted by Crippen LogP contribution is -2.26. The van der Waals surface area contributed by atoms with Crippen molar-refractivity contribution in [1.29, 1.82) is 5.41 Å². The van der Waals surface area contributed by atoms with Crippen molar-refractivity contribution in [1.82, 2.24) is 4.90 Å². The number of nitrogens with zero attached hydrogens (tertiary/aromatic N) is 1. The largest absolute Gasteiger partial charge is 0.389 e. The maximum absolute atomic E-state index is 9.16. The molecule has 1 aliphatic rings. The lowest BCUT2D eigenvalue weighted by Gasteiger charge is -2.13. The predicted molar refractivity (Wildman–Crippen MR) is 45.0 cm³/mol. The van der Waals surface area contributed by atoms with Gasteiger partial charge >= 0.3 is 0 Å². The smallest absolute Gasteiger partial charge is 0.0938 e. The molecular formula is C7H15N3O2. The van der Waals surface area contributed by atoms with Crippen molar-refractivity contribution in [3.8, 4) is 0 Å². The minimum Gasteiger partial charge on any atom is -0.389 e. The Hall–Kier alpha value is -0.650. The molecule has 5 N–H and O–H groups in total. The average Bonchev–Trinajstić information content (AvgIpc) is 2.28. The number of rotatable bonds is 3. The highest BCUT2D eigenvalue weighted by Gasteiger charge is 2.28. The summed E-state index contributed by atoms with van der Waals surface area (Å²) in [5.74, 6) is 0.144. The Morgan fingerprint density at radius 1 is 1.42 bits per heavy atom. The van der Waals surface area contributed by atoms with E-state index in [1.165, 1.54) is 0 Å². The SMILES string of the molecule is N=C(N)CCN1CC(O)C(O)C1. The van der Waals surface area contributed by atoms with Crippen molar-refractivity contribution < 1.29 is 10.2 Å². The van der Waals surface area contributed by atoms with E-state index in [-0.39, 0.29) is 5.84 Å². The van der Waals surface area contributed by atoms with Crippen LogP contribution >= 0.6 is 0 Å². The second kappa shape index (κ2) is 3.84. The molecule has 2 unspecified atom stereocenters. The maximum atomic E-state index is 9.16. The number of nitrogens with two attached hydrogens (primary N) is 1. The Morgan fingerprint density at radius 3 is 2.33 bits per heavy atom. The topological polar surface area (TPSA) is 93.6 Å². The summed E-state index contributed by atoms with van der Waals surface area (Å²) in [7, 11) is 0. The quantitative estimate of drug-likeness (QED) is 0.304. The van der Waals surface area contributed by atoms with Gasteiger partial charge in [0.1, 0.15) is 0 Å². The van der Waals surface area contributed by atoms with Gasteiger partial charge in [-0.05, 0) is 0 Å². The van der Waals surface area contributed by atoms with Gasteiger partial charge in [-0.15, -0.1) is 0 Å². The van der Waals surface area contributed by atoms with Gasteiger partial charge in [-0.1, -0.05) is 0 Å². The first-order valence-electron chi connectivity index (χ1n) is 4.01. The molecule has 0 saturated carbocycles. The fourth-order valence-electron chi connectivity index (χ4n) is 1.31. The number of likely N-dealkylation sites (tertiary alicyclic amines) is 1. The van der Waals surface area contributed by atoms with Gasteiger partial charge in [-0.2, -0.15) is 0 Å². The number of amidine groups is 1. The van der Waals surface area contributed by atoms with Crippen LogP contribution < -0.4 is 5.73 Å². The Morgan fingerprint density at radius 2 is 1.92 bits per heavy atom. The Kier molecular flexibility index (Phi) is 3.02. The van der Waals surface area contributed by atoms with Crippen molar-refractivity contribution in [2.45, 2.75) is 18.6 Å². The lowest BCUT2D eigenvalue weighted by molar-refractivity contribution is 0.0572. The highest BCUT2D eigenvalue weighted by Crippen LogP contribution is 2.09. The second-order valence-corrected chi connectivity index (χ2v) is 3.17. The van der Waals surface area contributed by atoms with E-state index < -0.39 is 12.2 Å². The molecule has 5 heteroatoms. The highest BCUT2D eigenvalue weighted by molar-refractivity contribution is 5.76. The lowest BCUT2D eigenvalue weighted by atomic mass is 10.3. The maximum Gasteiger partial charge on any atom is 0.0938 e. The van der Waals surface area contributed by atoms with E-state index in [9.17, 15) is 0 Å². The summed E-state index contributed by atoms with van der Waals surface area (Å²) in [6.07, 6.45) is -0.784. The van der Waals surface area contributed by atoms with E-state index in [1.54, 1.807) is 0 Å². The number of aliphatic hydroxyl groups is 2. The molecule has 1 fully saturated rings. The number of β-amino-alcohol motifs (C(OH)–C–C–N with tert-alkyl or cyclic N) is 2. The molecule has 12 heavy (non-hydrogen) atoms. The van der Waals surface area contributed by atoms with Crippen molar-refractivity contribution in [3.05, 3.63) is 0 Å². The summed E-state index contributed by atoms with van der Waals surface area (Å²) in [6, 6.07) is 0. The fraction of sp³-hybridized carbons (Fsp3) is 0.857. The van der Waals surface area contributed by atoms with Crippen LogP contribution in [0, 0.1) is 5.41 Å². The molecule has 2 atom stereocenters. The monoisotopic (exact) mass is 173 g/mol. The number of hydrogen-bond donors (Lipinski definition) is 4. The van der Waals surface area contributed by atoms with Crippen LogP contribution in [0.5, 0.6) is 0 Å². The Balaban J connectivity index is 2.23. The van der Waals surface area contributed by atoms with Crippen molar-refractivity contribution in [2.24, 2.45) is 5.73 Å². The first-order valence-corrected chi connectivity index (χ1v) is 4.01. The van der Waals surface area contributed by atoms with Crippen molar-refractivity contribution in [2.75, 3.05) is 19.6 Å². The molecule has 0 radical (unpaired) electrons. The van der Waals surface area contributed by atoms with E-state index >= 15 is 0 Å². The van der Waals surface area contributed by atoms with Crippen LogP contribution in [0.1, 0.15) is 6.42 Å². The van der Waals surface area contributed by atoms with E-state index in [4.69, 9.17) is 21.4 Å². The van der Waals surface area contributed by atoms with Crippen LogP contribution in [0.25, 0.3) is 0 Å². The molecule has 1 rings (SSSR count). The van der Waals surface area contributed by atoms with Crippen LogP contribution in [0.3, 0.4) is 0 Å². The van der Waals surface area contributed by atoms with Gasteiger partial charge in [0.05, 0.1) is 18.0 Å². The van der Waals surface area contributed by atoms with Crippen LogP contribution in [0.15, 0.2) is 0 Å². The zero-order valence-electron chi connectivity index (χ0n) is 6.90. The molecule has 0 aromatic heterocycles. The molecule has 0 aliphatic carbocycles. The first-order chi connectivity index (χ1) is 5.59. The van der Waals surface area contributed by atoms with Gasteiger partial charge in [0.2, 0.25) is 0 Å². The minimum atomic E-state index is -0.642. The fourth-order valence-corrected chi connectivity index (χ4v) is 1.31. The predicted octanol–water partition coefficient (Wildman–Crippen LogP) is -1.65. The molecule has 5 nitrogen and oxygen atoms in total. The zero-order valence-corrected chi connectivity index (χ0v) is 6.90. The highest BCUT2D eigenvalue weighted by atomic mass is 16.3. The molecule has 0 bridgehead atoms. The Bertz CT molecular complexity index is 164. The van der Waals surface area contributed by atoms with E-state index in [2.05, 4.69) is 0 Å². The summed E-state index contributed by atoms with van der Waals surface area (Å²) in [5, 5.41) is 25.3. The van der Waals surface area contributed by atoms with Gasteiger partial charge in [0.15, 0.2) is 0 Å². The first kappa shape index (κ1) is 9.44. The molecule has 1 saturated heterocycles. The number of aliphatic hydroxyl groups excluding tert-OH is 2. The molecule has 0 spiro atoms. The van der Waals surface area contributed by atoms with Crippen molar-refractivity contribution >= 4 is 5.84 Å². The molecule has 1 heterocycles. The summed E-state index contributed by atoms with van der Waals surface area (Å²) in [4.78, 5) is 1.90. The number of nitrogens with one attached hydrogen (secondary N) is 1. The van der Waals surface area contributed by atoms with Crippen LogP contribution in [-0.4, -0.2) is 52.8 Å². The Labute approximate surface area is 71.3 Å². The van der Waals surface area contributed by atoms with Crippen LogP contribution in [-0.2, 0) is 0 Å². The zero-order chi connectivity index (χ0) is 9.14. The third-order valence-electron chi connectivity index (χ3n) is 2.03. The van der Waals surface area contributed by atoms with Gasteiger partial charge in [-0.25, -0.2) is 0 Å². The van der Waals surface area contributed by atoms with E-state index in [1.807, 2.05) is 4.90 Å². The summed E-state index contributed by atoms with van der Waals surface area (Å²) < 4.78 is 0. The van der Waals surface area contributed by atoms with Crippen molar-refractivity contribution in [3.63, 3.8) is 0 Å². The molecule has 0 aromatic carbocycles. The third kappa shape index (κ3) is 2.44. The van der Waals surface area contributed by atoms with Crippen LogP contribution in [0.2, 0.25) is 0 Å². The summed E-state index contributed by atoms with van der Waals surface area (Å²) in [5.41, 5.74) is 5.17. The molecule has 70 valence electrons. The molecule has 0 aromatic rings. The molecule has 0 amide bonds. The van der Waals surface area contributed by atoms with Gasteiger partial charge < -0.3 is 15.9 Å². The summed E-state index contributed by atoms with van der Waals surface area (Å²) in [6.45, 7) is 1.60. The average molecular weight is 173 g/mol. The van der Waals surface area contributed by atoms with Gasteiger partial charge in [0, 0.05) is 26.1 Å². The van der Waals surface area contributed by atoms with E-state index in [0.29, 0.717) is 26.1 Å². The molecule has 1 aliphatic heterocycles.